The van der Waals surface area contributed by atoms with Crippen LogP contribution in [0.4, 0.5) is 5.82 Å². The summed E-state index contributed by atoms with van der Waals surface area (Å²) >= 11 is 11.8. The van der Waals surface area contributed by atoms with Crippen molar-refractivity contribution in [3.05, 3.63) is 22.3 Å². The Hall–Kier alpha value is -1.33. The Morgan fingerprint density at radius 1 is 1.32 bits per heavy atom. The molecule has 0 aromatic carbocycles. The molecule has 2 bridgehead atoms. The molecule has 0 spiro atoms. The van der Waals surface area contributed by atoms with Gasteiger partial charge >= 0.3 is 5.97 Å². The van der Waals surface area contributed by atoms with Gasteiger partial charge in [-0.25, -0.2) is 4.98 Å². The first kappa shape index (κ1) is 15.6. The Labute approximate surface area is 138 Å². The van der Waals surface area contributed by atoms with Gasteiger partial charge in [0.05, 0.1) is 15.5 Å². The number of pyridine rings is 1. The lowest BCUT2D eigenvalue weighted by molar-refractivity contribution is -0.165. The molecule has 2 fully saturated rings. The smallest absolute Gasteiger partial charge is 0.313 e. The highest BCUT2D eigenvalue weighted by atomic mass is 35.5. The third kappa shape index (κ3) is 1.75. The van der Waals surface area contributed by atoms with Crippen LogP contribution in [-0.2, 0) is 14.3 Å². The Balaban J connectivity index is 1.94. The third-order valence-electron chi connectivity index (χ3n) is 5.49. The number of carbonyl (C=O) groups excluding carboxylic acids is 2. The lowest BCUT2D eigenvalue weighted by Gasteiger charge is -2.35. The Morgan fingerprint density at radius 2 is 2.00 bits per heavy atom. The molecule has 3 rings (SSSR count). The molecule has 0 unspecified atom stereocenters. The first-order valence-corrected chi connectivity index (χ1v) is 7.76. The van der Waals surface area contributed by atoms with Gasteiger partial charge in [-0.15, -0.1) is 0 Å². The van der Waals surface area contributed by atoms with Crippen molar-refractivity contribution in [2.24, 2.45) is 10.8 Å². The molecule has 1 aliphatic heterocycles. The number of anilines is 1. The van der Waals surface area contributed by atoms with Crippen molar-refractivity contribution >= 4 is 40.9 Å². The number of carbonyl (C=O) groups is 2. The van der Waals surface area contributed by atoms with E-state index in [1.165, 1.54) is 12.3 Å². The lowest BCUT2D eigenvalue weighted by Crippen LogP contribution is -2.50. The molecule has 1 saturated carbocycles. The SMILES string of the molecule is CC1(C)[C@@]2(C(=O)Nc3ncc(Cl)cc3Cl)CC[C@]1(C)C(=O)O2. The molecule has 1 aromatic rings. The van der Waals surface area contributed by atoms with Crippen molar-refractivity contribution in [1.82, 2.24) is 4.98 Å². The van der Waals surface area contributed by atoms with Gasteiger partial charge in [-0.1, -0.05) is 37.0 Å². The molecule has 118 valence electrons. The zero-order valence-corrected chi connectivity index (χ0v) is 14.0. The van der Waals surface area contributed by atoms with E-state index in [2.05, 4.69) is 10.3 Å². The number of fused-ring (bicyclic) bond motifs is 2. The van der Waals surface area contributed by atoms with E-state index < -0.39 is 22.3 Å². The molecular formula is C15H16Cl2N2O3. The zero-order chi connectivity index (χ0) is 16.3. The Morgan fingerprint density at radius 3 is 2.50 bits per heavy atom. The van der Waals surface area contributed by atoms with Crippen LogP contribution in [0.5, 0.6) is 0 Å². The highest BCUT2D eigenvalue weighted by Gasteiger charge is 2.75. The average molecular weight is 343 g/mol. The molecule has 1 aromatic heterocycles. The summed E-state index contributed by atoms with van der Waals surface area (Å²) in [6.45, 7) is 5.63. The van der Waals surface area contributed by atoms with Crippen LogP contribution in [-0.4, -0.2) is 22.5 Å². The molecule has 5 nitrogen and oxygen atoms in total. The fraction of sp³-hybridized carbons (Fsp3) is 0.533. The highest BCUT2D eigenvalue weighted by Crippen LogP contribution is 2.65. The van der Waals surface area contributed by atoms with Gasteiger partial charge in [-0.2, -0.15) is 0 Å². The van der Waals surface area contributed by atoms with Crippen LogP contribution in [0.3, 0.4) is 0 Å². The zero-order valence-electron chi connectivity index (χ0n) is 12.5. The molecule has 1 amide bonds. The molecule has 1 aliphatic carbocycles. The van der Waals surface area contributed by atoms with E-state index in [1.54, 1.807) is 0 Å². The van der Waals surface area contributed by atoms with Gasteiger partial charge in [0.1, 0.15) is 0 Å². The monoisotopic (exact) mass is 342 g/mol. The van der Waals surface area contributed by atoms with E-state index in [-0.39, 0.29) is 16.8 Å². The number of aromatic nitrogens is 1. The van der Waals surface area contributed by atoms with Crippen molar-refractivity contribution in [2.45, 2.75) is 39.2 Å². The van der Waals surface area contributed by atoms with E-state index in [0.29, 0.717) is 17.9 Å². The van der Waals surface area contributed by atoms with Crippen molar-refractivity contribution in [2.75, 3.05) is 5.32 Å². The van der Waals surface area contributed by atoms with Crippen LogP contribution in [0.15, 0.2) is 12.3 Å². The van der Waals surface area contributed by atoms with Gasteiger partial charge < -0.3 is 10.1 Å². The van der Waals surface area contributed by atoms with Crippen LogP contribution in [0.1, 0.15) is 33.6 Å². The first-order chi connectivity index (χ1) is 10.1. The predicted octanol–water partition coefficient (Wildman–Crippen LogP) is 3.45. The minimum absolute atomic E-state index is 0.206. The lowest BCUT2D eigenvalue weighted by atomic mass is 9.66. The number of rotatable bonds is 2. The predicted molar refractivity (Wildman–Crippen MR) is 82.8 cm³/mol. The first-order valence-electron chi connectivity index (χ1n) is 7.00. The summed E-state index contributed by atoms with van der Waals surface area (Å²) in [5.74, 6) is -0.518. The second kappa shape index (κ2) is 4.59. The van der Waals surface area contributed by atoms with Gasteiger partial charge in [0.2, 0.25) is 0 Å². The molecule has 22 heavy (non-hydrogen) atoms. The van der Waals surface area contributed by atoms with E-state index in [0.717, 1.165) is 0 Å². The molecule has 2 heterocycles. The Kier molecular flexibility index (Phi) is 3.24. The number of hydrogen-bond donors (Lipinski definition) is 1. The number of nitrogens with one attached hydrogen (secondary N) is 1. The molecule has 7 heteroatoms. The van der Waals surface area contributed by atoms with Crippen LogP contribution in [0, 0.1) is 10.8 Å². The number of esters is 1. The summed E-state index contributed by atoms with van der Waals surface area (Å²) in [6, 6.07) is 1.49. The van der Waals surface area contributed by atoms with Crippen LogP contribution in [0.2, 0.25) is 10.0 Å². The number of hydrogen-bond acceptors (Lipinski definition) is 4. The van der Waals surface area contributed by atoms with Gasteiger partial charge in [-0.3, -0.25) is 9.59 Å². The van der Waals surface area contributed by atoms with E-state index in [1.807, 2.05) is 20.8 Å². The van der Waals surface area contributed by atoms with Crippen LogP contribution >= 0.6 is 23.2 Å². The Bertz CT molecular complexity index is 691. The summed E-state index contributed by atoms with van der Waals surface area (Å²) in [7, 11) is 0. The maximum atomic E-state index is 12.8. The molecule has 0 radical (unpaired) electrons. The summed E-state index contributed by atoms with van der Waals surface area (Å²) < 4.78 is 5.52. The fourth-order valence-electron chi connectivity index (χ4n) is 3.46. The maximum Gasteiger partial charge on any atom is 0.313 e. The van der Waals surface area contributed by atoms with E-state index in [9.17, 15) is 9.59 Å². The number of halogens is 2. The van der Waals surface area contributed by atoms with Crippen LogP contribution in [0.25, 0.3) is 0 Å². The normalized spacial score (nSPS) is 32.0. The summed E-state index contributed by atoms with van der Waals surface area (Å²) in [5.41, 5.74) is -2.45. The largest absolute Gasteiger partial charge is 0.448 e. The second-order valence-electron chi connectivity index (χ2n) is 6.61. The minimum Gasteiger partial charge on any atom is -0.448 e. The standard InChI is InChI=1S/C15H16Cl2N2O3/c1-13(2)14(3)4-5-15(13,22-12(14)21)11(20)19-10-9(17)6-8(16)7-18-10/h6-7H,4-5H2,1-3H3,(H,18,19,20)/t14-,15+/m1/s1. The van der Waals surface area contributed by atoms with Gasteiger partial charge in [0.25, 0.3) is 5.91 Å². The highest BCUT2D eigenvalue weighted by molar-refractivity contribution is 6.36. The molecular weight excluding hydrogens is 327 g/mol. The quantitative estimate of drug-likeness (QED) is 0.835. The average Bonchev–Trinajstić information content (AvgIpc) is 2.72. The second-order valence-corrected chi connectivity index (χ2v) is 7.46. The molecule has 1 N–H and O–H groups in total. The fourth-order valence-corrected chi connectivity index (χ4v) is 3.89. The molecule has 2 aliphatic rings. The van der Waals surface area contributed by atoms with Crippen molar-refractivity contribution < 1.29 is 14.3 Å². The van der Waals surface area contributed by atoms with E-state index in [4.69, 9.17) is 27.9 Å². The molecule has 2 atom stereocenters. The third-order valence-corrected chi connectivity index (χ3v) is 5.98. The van der Waals surface area contributed by atoms with E-state index >= 15 is 0 Å². The number of ether oxygens (including phenoxy) is 1. The topological polar surface area (TPSA) is 68.3 Å². The summed E-state index contributed by atoms with van der Waals surface area (Å²) in [5, 5.41) is 3.29. The van der Waals surface area contributed by atoms with Crippen molar-refractivity contribution in [3.63, 3.8) is 0 Å². The van der Waals surface area contributed by atoms with Crippen molar-refractivity contribution in [1.29, 1.82) is 0 Å². The summed E-state index contributed by atoms with van der Waals surface area (Å²) in [6.07, 6.45) is 2.50. The maximum absolute atomic E-state index is 12.8. The number of amides is 1. The van der Waals surface area contributed by atoms with Gasteiger partial charge in [-0.05, 0) is 25.8 Å². The van der Waals surface area contributed by atoms with Gasteiger partial charge in [0, 0.05) is 11.6 Å². The number of nitrogens with zero attached hydrogens (tertiary/aromatic N) is 1. The van der Waals surface area contributed by atoms with Gasteiger partial charge in [0.15, 0.2) is 11.4 Å². The minimum atomic E-state index is -1.19. The molecule has 1 saturated heterocycles. The van der Waals surface area contributed by atoms with Crippen LogP contribution < -0.4 is 5.32 Å². The van der Waals surface area contributed by atoms with Crippen molar-refractivity contribution in [3.8, 4) is 0 Å². The summed E-state index contributed by atoms with van der Waals surface area (Å²) in [4.78, 5) is 29.0.